The van der Waals surface area contributed by atoms with Gasteiger partial charge in [-0.1, -0.05) is 12.1 Å². The second kappa shape index (κ2) is 6.51. The SMILES string of the molecule is CN(CC(=O)Nc1ccccc1C#N)C(CN)C1CC1. The molecule has 1 aliphatic carbocycles. The first-order valence-electron chi connectivity index (χ1n) is 6.85. The summed E-state index contributed by atoms with van der Waals surface area (Å²) in [6.45, 7) is 0.862. The van der Waals surface area contributed by atoms with Crippen LogP contribution in [0.25, 0.3) is 0 Å². The van der Waals surface area contributed by atoms with Crippen molar-refractivity contribution in [3.05, 3.63) is 29.8 Å². The molecule has 1 saturated carbocycles. The number of nitrogens with two attached hydrogens (primary N) is 1. The van der Waals surface area contributed by atoms with E-state index in [-0.39, 0.29) is 18.5 Å². The first-order valence-corrected chi connectivity index (χ1v) is 6.85. The van der Waals surface area contributed by atoms with Gasteiger partial charge in [0.25, 0.3) is 0 Å². The molecule has 1 fully saturated rings. The third kappa shape index (κ3) is 3.56. The van der Waals surface area contributed by atoms with Crippen LogP contribution in [0.15, 0.2) is 24.3 Å². The number of para-hydroxylation sites is 1. The van der Waals surface area contributed by atoms with Gasteiger partial charge in [0.15, 0.2) is 0 Å². The smallest absolute Gasteiger partial charge is 0.238 e. The second-order valence-corrected chi connectivity index (χ2v) is 5.26. The van der Waals surface area contributed by atoms with Crippen LogP contribution in [-0.2, 0) is 4.79 Å². The monoisotopic (exact) mass is 272 g/mol. The average Bonchev–Trinajstić information content (AvgIpc) is 3.24. The minimum absolute atomic E-state index is 0.116. The molecule has 1 aromatic rings. The van der Waals surface area contributed by atoms with Gasteiger partial charge in [0, 0.05) is 12.6 Å². The van der Waals surface area contributed by atoms with Crippen LogP contribution in [0.3, 0.4) is 0 Å². The van der Waals surface area contributed by atoms with E-state index in [9.17, 15) is 4.79 Å². The number of carbonyl (C=O) groups is 1. The van der Waals surface area contributed by atoms with Crippen molar-refractivity contribution in [2.24, 2.45) is 11.7 Å². The summed E-state index contributed by atoms with van der Waals surface area (Å²) in [6.07, 6.45) is 2.40. The number of nitriles is 1. The average molecular weight is 272 g/mol. The molecule has 0 aliphatic heterocycles. The molecule has 1 aromatic carbocycles. The lowest BCUT2D eigenvalue weighted by atomic mass is 10.1. The Morgan fingerprint density at radius 3 is 2.85 bits per heavy atom. The Hall–Kier alpha value is -1.90. The van der Waals surface area contributed by atoms with Gasteiger partial charge < -0.3 is 11.1 Å². The first kappa shape index (κ1) is 14.5. The molecule has 5 heteroatoms. The summed E-state index contributed by atoms with van der Waals surface area (Å²) in [5, 5.41) is 11.8. The minimum Gasteiger partial charge on any atom is -0.329 e. The third-order valence-corrected chi connectivity index (χ3v) is 3.69. The lowest BCUT2D eigenvalue weighted by molar-refractivity contribution is -0.117. The van der Waals surface area contributed by atoms with E-state index in [2.05, 4.69) is 11.4 Å². The molecular formula is C15H20N4O. The number of rotatable bonds is 6. The van der Waals surface area contributed by atoms with E-state index in [0.717, 1.165) is 0 Å². The Bertz CT molecular complexity index is 519. The van der Waals surface area contributed by atoms with Crippen molar-refractivity contribution in [2.75, 3.05) is 25.5 Å². The maximum absolute atomic E-state index is 12.1. The van der Waals surface area contributed by atoms with Gasteiger partial charge in [-0.2, -0.15) is 5.26 Å². The largest absolute Gasteiger partial charge is 0.329 e. The van der Waals surface area contributed by atoms with E-state index in [1.165, 1.54) is 12.8 Å². The molecule has 3 N–H and O–H groups in total. The molecule has 1 amide bonds. The van der Waals surface area contributed by atoms with Crippen molar-refractivity contribution in [3.63, 3.8) is 0 Å². The van der Waals surface area contributed by atoms with Crippen LogP contribution in [0.2, 0.25) is 0 Å². The van der Waals surface area contributed by atoms with Crippen molar-refractivity contribution < 1.29 is 4.79 Å². The molecule has 0 saturated heterocycles. The van der Waals surface area contributed by atoms with Crippen molar-refractivity contribution >= 4 is 11.6 Å². The molecule has 106 valence electrons. The highest BCUT2D eigenvalue weighted by atomic mass is 16.2. The standard InChI is InChI=1S/C15H20N4O/c1-19(14(9-17)11-6-7-11)10-15(20)18-13-5-3-2-4-12(13)8-16/h2-5,11,14H,6-7,9-10,17H2,1H3,(H,18,20). The number of hydrogen-bond donors (Lipinski definition) is 2. The van der Waals surface area contributed by atoms with Crippen LogP contribution in [0.5, 0.6) is 0 Å². The number of benzene rings is 1. The fraction of sp³-hybridized carbons (Fsp3) is 0.467. The fourth-order valence-electron chi connectivity index (χ4n) is 2.44. The molecule has 2 rings (SSSR count). The van der Waals surface area contributed by atoms with E-state index >= 15 is 0 Å². The van der Waals surface area contributed by atoms with Crippen LogP contribution in [0.4, 0.5) is 5.69 Å². The van der Waals surface area contributed by atoms with Gasteiger partial charge >= 0.3 is 0 Å². The topological polar surface area (TPSA) is 82.2 Å². The molecular weight excluding hydrogens is 252 g/mol. The molecule has 20 heavy (non-hydrogen) atoms. The Kier molecular flexibility index (Phi) is 4.72. The number of carbonyl (C=O) groups excluding carboxylic acids is 1. The molecule has 5 nitrogen and oxygen atoms in total. The van der Waals surface area contributed by atoms with Crippen LogP contribution in [-0.4, -0.2) is 37.0 Å². The highest BCUT2D eigenvalue weighted by Crippen LogP contribution is 2.34. The molecule has 1 unspecified atom stereocenters. The normalized spacial score (nSPS) is 15.7. The number of nitrogens with one attached hydrogen (secondary N) is 1. The highest BCUT2D eigenvalue weighted by molar-refractivity contribution is 5.93. The van der Waals surface area contributed by atoms with E-state index < -0.39 is 0 Å². The van der Waals surface area contributed by atoms with Gasteiger partial charge in [-0.3, -0.25) is 9.69 Å². The lowest BCUT2D eigenvalue weighted by Gasteiger charge is -2.26. The summed E-state index contributed by atoms with van der Waals surface area (Å²) in [6, 6.07) is 9.33. The highest BCUT2D eigenvalue weighted by Gasteiger charge is 2.33. The zero-order valence-corrected chi connectivity index (χ0v) is 11.7. The number of nitrogens with zero attached hydrogens (tertiary/aromatic N) is 2. The molecule has 0 aromatic heterocycles. The first-order chi connectivity index (χ1) is 9.65. The summed E-state index contributed by atoms with van der Waals surface area (Å²) in [4.78, 5) is 14.1. The van der Waals surface area contributed by atoms with Crippen LogP contribution in [0.1, 0.15) is 18.4 Å². The second-order valence-electron chi connectivity index (χ2n) is 5.26. The maximum Gasteiger partial charge on any atom is 0.238 e. The van der Waals surface area contributed by atoms with Crippen molar-refractivity contribution in [1.82, 2.24) is 4.90 Å². The van der Waals surface area contributed by atoms with Crippen LogP contribution in [0, 0.1) is 17.2 Å². The molecule has 0 radical (unpaired) electrons. The Balaban J connectivity index is 1.93. The Morgan fingerprint density at radius 2 is 2.25 bits per heavy atom. The zero-order valence-electron chi connectivity index (χ0n) is 11.7. The quantitative estimate of drug-likeness (QED) is 0.814. The van der Waals surface area contributed by atoms with E-state index in [0.29, 0.717) is 23.7 Å². The van der Waals surface area contributed by atoms with Gasteiger partial charge in [0.1, 0.15) is 6.07 Å². The fourth-order valence-corrected chi connectivity index (χ4v) is 2.44. The number of amides is 1. The van der Waals surface area contributed by atoms with E-state index in [4.69, 9.17) is 11.0 Å². The zero-order chi connectivity index (χ0) is 14.5. The summed E-state index contributed by atoms with van der Waals surface area (Å²) in [5.74, 6) is 0.512. The third-order valence-electron chi connectivity index (χ3n) is 3.69. The number of anilines is 1. The number of likely N-dealkylation sites (N-methyl/N-ethyl adjacent to an activating group) is 1. The van der Waals surface area contributed by atoms with Gasteiger partial charge in [-0.05, 0) is 37.9 Å². The maximum atomic E-state index is 12.1. The predicted molar refractivity (Wildman–Crippen MR) is 78.0 cm³/mol. The molecule has 1 aliphatic rings. The summed E-state index contributed by atoms with van der Waals surface area (Å²) >= 11 is 0. The molecule has 0 heterocycles. The summed E-state index contributed by atoms with van der Waals surface area (Å²) in [7, 11) is 1.92. The van der Waals surface area contributed by atoms with Gasteiger partial charge in [-0.15, -0.1) is 0 Å². The van der Waals surface area contributed by atoms with E-state index in [1.807, 2.05) is 11.9 Å². The minimum atomic E-state index is -0.116. The van der Waals surface area contributed by atoms with Crippen LogP contribution < -0.4 is 11.1 Å². The molecule has 1 atom stereocenters. The summed E-state index contributed by atoms with van der Waals surface area (Å²) < 4.78 is 0. The Labute approximate surface area is 119 Å². The summed E-state index contributed by atoms with van der Waals surface area (Å²) in [5.41, 5.74) is 6.80. The van der Waals surface area contributed by atoms with Crippen molar-refractivity contribution in [2.45, 2.75) is 18.9 Å². The Morgan fingerprint density at radius 1 is 1.55 bits per heavy atom. The van der Waals surface area contributed by atoms with Crippen LogP contribution >= 0.6 is 0 Å². The van der Waals surface area contributed by atoms with Gasteiger partial charge in [0.05, 0.1) is 17.8 Å². The van der Waals surface area contributed by atoms with Gasteiger partial charge in [-0.25, -0.2) is 0 Å². The lowest BCUT2D eigenvalue weighted by Crippen LogP contribution is -2.43. The van der Waals surface area contributed by atoms with Crippen molar-refractivity contribution in [1.29, 1.82) is 5.26 Å². The predicted octanol–water partition coefficient (Wildman–Crippen LogP) is 1.17. The number of hydrogen-bond acceptors (Lipinski definition) is 4. The van der Waals surface area contributed by atoms with E-state index in [1.54, 1.807) is 24.3 Å². The van der Waals surface area contributed by atoms with Crippen molar-refractivity contribution in [3.8, 4) is 6.07 Å². The van der Waals surface area contributed by atoms with Gasteiger partial charge in [0.2, 0.25) is 5.91 Å². The molecule has 0 bridgehead atoms. The molecule has 0 spiro atoms.